The number of hydrogen-bond donors (Lipinski definition) is 0. The van der Waals surface area contributed by atoms with Crippen LogP contribution < -0.4 is 0 Å². The molecular weight excluding hydrogens is 140 g/mol. The first-order valence-electron chi connectivity index (χ1n) is 4.09. The number of fused-ring (bicyclic) bond motifs is 1. The second-order valence-electron chi connectivity index (χ2n) is 3.63. The van der Waals surface area contributed by atoms with Gasteiger partial charge in [-0.3, -0.25) is 9.59 Å². The van der Waals surface area contributed by atoms with Crippen molar-refractivity contribution in [2.75, 3.05) is 0 Å². The van der Waals surface area contributed by atoms with Crippen molar-refractivity contribution in [3.05, 3.63) is 11.1 Å². The summed E-state index contributed by atoms with van der Waals surface area (Å²) >= 11 is 0. The molecule has 1 fully saturated rings. The topological polar surface area (TPSA) is 34.1 Å². The van der Waals surface area contributed by atoms with Crippen molar-refractivity contribution >= 4 is 11.6 Å². The second-order valence-corrected chi connectivity index (χ2v) is 3.63. The zero-order chi connectivity index (χ0) is 7.59. The minimum atomic E-state index is 0.113. The van der Waals surface area contributed by atoms with Crippen LogP contribution in [-0.2, 0) is 9.59 Å². The number of hydrogen-bond acceptors (Lipinski definition) is 2. The third-order valence-electron chi connectivity index (χ3n) is 3.05. The average Bonchev–Trinajstić information content (AvgIpc) is 2.59. The molecule has 0 radical (unpaired) electrons. The van der Waals surface area contributed by atoms with Crippen LogP contribution in [0, 0.1) is 11.8 Å². The summed E-state index contributed by atoms with van der Waals surface area (Å²) in [6, 6.07) is 0. The van der Waals surface area contributed by atoms with Crippen molar-refractivity contribution in [1.82, 2.24) is 0 Å². The van der Waals surface area contributed by atoms with Gasteiger partial charge in [-0.25, -0.2) is 0 Å². The molecule has 2 heteroatoms. The lowest BCUT2D eigenvalue weighted by Crippen LogP contribution is -2.28. The Labute approximate surface area is 64.3 Å². The molecule has 2 atom stereocenters. The van der Waals surface area contributed by atoms with E-state index in [0.29, 0.717) is 0 Å². The van der Waals surface area contributed by atoms with E-state index in [1.807, 2.05) is 0 Å². The first-order valence-corrected chi connectivity index (χ1v) is 4.09. The summed E-state index contributed by atoms with van der Waals surface area (Å²) in [4.78, 5) is 22.7. The number of ketones is 2. The Bertz CT molecular complexity index is 282. The number of carbonyl (C=O) groups is 2. The molecule has 11 heavy (non-hydrogen) atoms. The Morgan fingerprint density at radius 1 is 0.909 bits per heavy atom. The molecule has 2 unspecified atom stereocenters. The van der Waals surface area contributed by atoms with E-state index in [0.717, 1.165) is 30.4 Å². The zero-order valence-corrected chi connectivity index (χ0v) is 6.09. The SMILES string of the molecule is O=C1C2=C(CC2)C(=O)C2CC12. The fourth-order valence-electron chi connectivity index (χ4n) is 2.14. The van der Waals surface area contributed by atoms with Gasteiger partial charge < -0.3 is 0 Å². The van der Waals surface area contributed by atoms with Gasteiger partial charge in [0.05, 0.1) is 0 Å². The molecule has 56 valence electrons. The molecule has 0 aromatic rings. The van der Waals surface area contributed by atoms with Crippen LogP contribution >= 0.6 is 0 Å². The highest BCUT2D eigenvalue weighted by molar-refractivity contribution is 6.18. The zero-order valence-electron chi connectivity index (χ0n) is 6.09. The Morgan fingerprint density at radius 3 is 1.73 bits per heavy atom. The summed E-state index contributed by atoms with van der Waals surface area (Å²) in [5.74, 6) is 0.801. The lowest BCUT2D eigenvalue weighted by Gasteiger charge is -2.25. The highest BCUT2D eigenvalue weighted by Gasteiger charge is 2.55. The number of Topliss-reactive ketones (excluding diaryl/α,β-unsaturated/α-hetero) is 2. The van der Waals surface area contributed by atoms with Crippen LogP contribution in [-0.4, -0.2) is 11.6 Å². The van der Waals surface area contributed by atoms with Gasteiger partial charge in [0.25, 0.3) is 0 Å². The van der Waals surface area contributed by atoms with E-state index in [-0.39, 0.29) is 23.4 Å². The fraction of sp³-hybridized carbons (Fsp3) is 0.556. The molecule has 0 aromatic carbocycles. The van der Waals surface area contributed by atoms with Crippen LogP contribution in [0.5, 0.6) is 0 Å². The molecule has 3 aliphatic carbocycles. The van der Waals surface area contributed by atoms with Crippen LogP contribution in [0.4, 0.5) is 0 Å². The van der Waals surface area contributed by atoms with Gasteiger partial charge in [-0.1, -0.05) is 0 Å². The van der Waals surface area contributed by atoms with Gasteiger partial charge >= 0.3 is 0 Å². The molecule has 0 spiro atoms. The van der Waals surface area contributed by atoms with Crippen LogP contribution in [0.1, 0.15) is 19.3 Å². The van der Waals surface area contributed by atoms with Gasteiger partial charge in [-0.05, 0) is 19.3 Å². The monoisotopic (exact) mass is 148 g/mol. The minimum absolute atomic E-state index is 0.113. The quantitative estimate of drug-likeness (QED) is 0.510. The van der Waals surface area contributed by atoms with E-state index in [4.69, 9.17) is 0 Å². The highest BCUT2D eigenvalue weighted by atomic mass is 16.1. The number of rotatable bonds is 0. The second kappa shape index (κ2) is 1.47. The maximum atomic E-state index is 11.4. The van der Waals surface area contributed by atoms with E-state index in [1.165, 1.54) is 0 Å². The summed E-state index contributed by atoms with van der Waals surface area (Å²) in [7, 11) is 0. The van der Waals surface area contributed by atoms with Gasteiger partial charge in [-0.15, -0.1) is 0 Å². The largest absolute Gasteiger partial charge is 0.294 e. The fourth-order valence-corrected chi connectivity index (χ4v) is 2.14. The van der Waals surface area contributed by atoms with Crippen LogP contribution in [0.3, 0.4) is 0 Å². The molecule has 0 amide bonds. The maximum absolute atomic E-state index is 11.4. The molecule has 1 saturated carbocycles. The van der Waals surface area contributed by atoms with Gasteiger partial charge in [0, 0.05) is 23.0 Å². The molecule has 0 bridgehead atoms. The molecule has 0 saturated heterocycles. The first kappa shape index (κ1) is 5.70. The Kier molecular flexibility index (Phi) is 0.761. The van der Waals surface area contributed by atoms with Crippen molar-refractivity contribution in [1.29, 1.82) is 0 Å². The lowest BCUT2D eigenvalue weighted by molar-refractivity contribution is -0.124. The molecule has 0 aliphatic heterocycles. The van der Waals surface area contributed by atoms with E-state index in [2.05, 4.69) is 0 Å². The summed E-state index contributed by atoms with van der Waals surface area (Å²) in [6.45, 7) is 0. The van der Waals surface area contributed by atoms with Crippen molar-refractivity contribution in [3.63, 3.8) is 0 Å². The van der Waals surface area contributed by atoms with Crippen molar-refractivity contribution < 1.29 is 9.59 Å². The average molecular weight is 148 g/mol. The smallest absolute Gasteiger partial charge is 0.163 e. The van der Waals surface area contributed by atoms with Gasteiger partial charge in [-0.2, -0.15) is 0 Å². The van der Waals surface area contributed by atoms with E-state index in [9.17, 15) is 9.59 Å². The third kappa shape index (κ3) is 0.503. The molecule has 2 nitrogen and oxygen atoms in total. The summed E-state index contributed by atoms with van der Waals surface area (Å²) < 4.78 is 0. The van der Waals surface area contributed by atoms with E-state index in [1.54, 1.807) is 0 Å². The summed E-state index contributed by atoms with van der Waals surface area (Å²) in [5, 5.41) is 0. The molecule has 0 aromatic heterocycles. The Balaban J connectivity index is 2.15. The lowest BCUT2D eigenvalue weighted by atomic mass is 9.77. The van der Waals surface area contributed by atoms with E-state index >= 15 is 0 Å². The van der Waals surface area contributed by atoms with Crippen molar-refractivity contribution in [2.24, 2.45) is 11.8 Å². The predicted octanol–water partition coefficient (Wildman–Crippen LogP) is 0.865. The van der Waals surface area contributed by atoms with Crippen LogP contribution in [0.2, 0.25) is 0 Å². The minimum Gasteiger partial charge on any atom is -0.294 e. The predicted molar refractivity (Wildman–Crippen MR) is 37.9 cm³/mol. The normalized spacial score (nSPS) is 39.6. The molecular formula is C9H8O2. The van der Waals surface area contributed by atoms with Crippen LogP contribution in [0.15, 0.2) is 11.1 Å². The Hall–Kier alpha value is -0.920. The maximum Gasteiger partial charge on any atom is 0.163 e. The molecule has 0 N–H and O–H groups in total. The van der Waals surface area contributed by atoms with Crippen LogP contribution in [0.25, 0.3) is 0 Å². The number of carbonyl (C=O) groups excluding carboxylic acids is 2. The first-order chi connectivity index (χ1) is 5.29. The van der Waals surface area contributed by atoms with E-state index < -0.39 is 0 Å². The Morgan fingerprint density at radius 2 is 1.36 bits per heavy atom. The molecule has 0 heterocycles. The van der Waals surface area contributed by atoms with Crippen molar-refractivity contribution in [3.8, 4) is 0 Å². The standard InChI is InChI=1S/C9H8O2/c10-8-4-1-2-5(4)9(11)7-3-6(7)8/h6-7H,1-3H2. The number of allylic oxidation sites excluding steroid dienone is 2. The molecule has 3 rings (SSSR count). The van der Waals surface area contributed by atoms with Gasteiger partial charge in [0.1, 0.15) is 0 Å². The summed E-state index contributed by atoms with van der Waals surface area (Å²) in [5.41, 5.74) is 1.74. The van der Waals surface area contributed by atoms with Gasteiger partial charge in [0.2, 0.25) is 0 Å². The van der Waals surface area contributed by atoms with Gasteiger partial charge in [0.15, 0.2) is 11.6 Å². The summed E-state index contributed by atoms with van der Waals surface area (Å²) in [6.07, 6.45) is 2.57. The highest BCUT2D eigenvalue weighted by Crippen LogP contribution is 2.52. The molecule has 3 aliphatic rings. The third-order valence-corrected chi connectivity index (χ3v) is 3.05. The van der Waals surface area contributed by atoms with Crippen molar-refractivity contribution in [2.45, 2.75) is 19.3 Å².